The van der Waals surface area contributed by atoms with E-state index in [2.05, 4.69) is 31.1 Å². The predicted octanol–water partition coefficient (Wildman–Crippen LogP) is 3.55. The van der Waals surface area contributed by atoms with E-state index in [1.54, 1.807) is 0 Å². The van der Waals surface area contributed by atoms with Gasteiger partial charge in [0.2, 0.25) is 0 Å². The second kappa shape index (κ2) is 4.84. The van der Waals surface area contributed by atoms with E-state index >= 15 is 0 Å². The van der Waals surface area contributed by atoms with Crippen molar-refractivity contribution >= 4 is 11.3 Å². The largest absolute Gasteiger partial charge is 0.310 e. The van der Waals surface area contributed by atoms with Gasteiger partial charge in [-0.15, -0.1) is 11.3 Å². The van der Waals surface area contributed by atoms with Crippen LogP contribution in [0.3, 0.4) is 0 Å². The van der Waals surface area contributed by atoms with Crippen molar-refractivity contribution in [2.45, 2.75) is 52.5 Å². The highest BCUT2D eigenvalue weighted by Crippen LogP contribution is 2.39. The fourth-order valence-corrected chi connectivity index (χ4v) is 2.99. The molecule has 1 aromatic heterocycles. The highest BCUT2D eigenvalue weighted by Gasteiger charge is 2.30. The molecule has 0 unspecified atom stereocenters. The average Bonchev–Trinajstić information content (AvgIpc) is 2.64. The summed E-state index contributed by atoms with van der Waals surface area (Å²) in [6.07, 6.45) is 6.20. The van der Waals surface area contributed by atoms with E-state index in [1.165, 1.54) is 29.1 Å². The Balaban J connectivity index is 1.76. The molecule has 1 N–H and O–H groups in total. The summed E-state index contributed by atoms with van der Waals surface area (Å²) >= 11 is 1.84. The summed E-state index contributed by atoms with van der Waals surface area (Å²) in [4.78, 5) is 5.85. The van der Waals surface area contributed by atoms with Gasteiger partial charge in [-0.3, -0.25) is 0 Å². The van der Waals surface area contributed by atoms with Crippen molar-refractivity contribution in [3.8, 4) is 0 Å². The van der Waals surface area contributed by atoms with E-state index in [0.717, 1.165) is 13.1 Å². The summed E-state index contributed by atoms with van der Waals surface area (Å²) in [5.41, 5.74) is 0.568. The molecular formula is C13H22N2S. The van der Waals surface area contributed by atoms with Gasteiger partial charge in [0.05, 0.1) is 0 Å². The maximum atomic E-state index is 4.46. The molecule has 2 rings (SSSR count). The lowest BCUT2D eigenvalue weighted by atomic mass is 9.70. The number of hydrogen-bond donors (Lipinski definition) is 1. The number of thiazole rings is 1. The van der Waals surface area contributed by atoms with E-state index in [-0.39, 0.29) is 0 Å². The lowest BCUT2D eigenvalue weighted by Gasteiger charge is -2.38. The van der Waals surface area contributed by atoms with Crippen LogP contribution in [0.15, 0.2) is 6.20 Å². The van der Waals surface area contributed by atoms with Crippen LogP contribution in [0, 0.1) is 5.41 Å². The van der Waals surface area contributed by atoms with Crippen molar-refractivity contribution in [1.82, 2.24) is 10.3 Å². The van der Waals surface area contributed by atoms with Gasteiger partial charge < -0.3 is 5.32 Å². The quantitative estimate of drug-likeness (QED) is 0.848. The molecule has 1 fully saturated rings. The second-order valence-electron chi connectivity index (χ2n) is 5.58. The van der Waals surface area contributed by atoms with Gasteiger partial charge in [-0.1, -0.05) is 27.2 Å². The van der Waals surface area contributed by atoms with E-state index in [0.29, 0.717) is 11.3 Å². The first kappa shape index (κ1) is 12.1. The summed E-state index contributed by atoms with van der Waals surface area (Å²) in [7, 11) is 0. The molecule has 1 aliphatic carbocycles. The van der Waals surface area contributed by atoms with Gasteiger partial charge in [0, 0.05) is 24.2 Å². The predicted molar refractivity (Wildman–Crippen MR) is 69.9 cm³/mol. The third-order valence-electron chi connectivity index (χ3n) is 3.53. The molecule has 1 aliphatic rings. The topological polar surface area (TPSA) is 24.9 Å². The molecule has 0 saturated heterocycles. The summed E-state index contributed by atoms with van der Waals surface area (Å²) in [6.45, 7) is 8.90. The van der Waals surface area contributed by atoms with E-state index < -0.39 is 0 Å². The number of aromatic nitrogens is 1. The van der Waals surface area contributed by atoms with Crippen molar-refractivity contribution in [2.75, 3.05) is 6.54 Å². The minimum Gasteiger partial charge on any atom is -0.310 e. The molecule has 16 heavy (non-hydrogen) atoms. The fraction of sp³-hybridized carbons (Fsp3) is 0.769. The zero-order chi connectivity index (χ0) is 11.6. The summed E-state index contributed by atoms with van der Waals surface area (Å²) < 4.78 is 0. The summed E-state index contributed by atoms with van der Waals surface area (Å²) in [5.74, 6) is 0.607. The number of rotatable bonds is 5. The minimum atomic E-state index is 0.568. The van der Waals surface area contributed by atoms with Crippen molar-refractivity contribution in [3.63, 3.8) is 0 Å². The average molecular weight is 238 g/mol. The summed E-state index contributed by atoms with van der Waals surface area (Å²) in [6, 6.07) is 0. The lowest BCUT2D eigenvalue weighted by Crippen LogP contribution is -2.36. The number of nitrogens with zero attached hydrogens (tertiary/aromatic N) is 1. The third kappa shape index (κ3) is 2.83. The zero-order valence-corrected chi connectivity index (χ0v) is 11.4. The van der Waals surface area contributed by atoms with Crippen LogP contribution in [0.5, 0.6) is 0 Å². The Bertz CT molecular complexity index is 339. The van der Waals surface area contributed by atoms with Crippen molar-refractivity contribution in [2.24, 2.45) is 5.41 Å². The Morgan fingerprint density at radius 3 is 2.75 bits per heavy atom. The molecule has 0 bridgehead atoms. The van der Waals surface area contributed by atoms with Crippen molar-refractivity contribution in [1.29, 1.82) is 0 Å². The van der Waals surface area contributed by atoms with E-state index in [9.17, 15) is 0 Å². The molecule has 3 heteroatoms. The Morgan fingerprint density at radius 1 is 1.50 bits per heavy atom. The molecule has 90 valence electrons. The van der Waals surface area contributed by atoms with Crippen LogP contribution in [0.2, 0.25) is 0 Å². The van der Waals surface area contributed by atoms with Crippen LogP contribution in [-0.2, 0) is 6.54 Å². The standard InChI is InChI=1S/C13H22N2S/c1-10(2)11-7-15-12(16-11)8-14-9-13(3)5-4-6-13/h7,10,14H,4-6,8-9H2,1-3H3. The SMILES string of the molecule is CC(C)c1cnc(CNCC2(C)CCC2)s1. The Labute approximate surface area is 102 Å². The van der Waals surface area contributed by atoms with Crippen LogP contribution in [0.4, 0.5) is 0 Å². The second-order valence-corrected chi connectivity index (χ2v) is 6.73. The maximum absolute atomic E-state index is 4.46. The molecule has 0 spiro atoms. The first-order valence-electron chi connectivity index (χ1n) is 6.24. The zero-order valence-electron chi connectivity index (χ0n) is 10.5. The highest BCUT2D eigenvalue weighted by atomic mass is 32.1. The molecule has 0 amide bonds. The maximum Gasteiger partial charge on any atom is 0.107 e. The summed E-state index contributed by atoms with van der Waals surface area (Å²) in [5, 5.41) is 4.77. The molecular weight excluding hydrogens is 216 g/mol. The number of hydrogen-bond acceptors (Lipinski definition) is 3. The Hall–Kier alpha value is -0.410. The molecule has 0 aliphatic heterocycles. The van der Waals surface area contributed by atoms with E-state index in [1.807, 2.05) is 17.5 Å². The van der Waals surface area contributed by atoms with Gasteiger partial charge in [-0.05, 0) is 24.2 Å². The number of nitrogens with one attached hydrogen (secondary N) is 1. The monoisotopic (exact) mass is 238 g/mol. The lowest BCUT2D eigenvalue weighted by molar-refractivity contribution is 0.156. The minimum absolute atomic E-state index is 0.568. The molecule has 0 atom stereocenters. The van der Waals surface area contributed by atoms with Gasteiger partial charge >= 0.3 is 0 Å². The molecule has 2 nitrogen and oxygen atoms in total. The van der Waals surface area contributed by atoms with Gasteiger partial charge in [-0.2, -0.15) is 0 Å². The molecule has 1 saturated carbocycles. The normalized spacial score (nSPS) is 18.8. The van der Waals surface area contributed by atoms with Crippen LogP contribution >= 0.6 is 11.3 Å². The third-order valence-corrected chi connectivity index (χ3v) is 4.83. The first-order chi connectivity index (χ1) is 7.59. The fourth-order valence-electron chi connectivity index (χ4n) is 2.10. The van der Waals surface area contributed by atoms with Crippen LogP contribution in [0.1, 0.15) is 55.8 Å². The van der Waals surface area contributed by atoms with E-state index in [4.69, 9.17) is 0 Å². The van der Waals surface area contributed by atoms with Crippen molar-refractivity contribution < 1.29 is 0 Å². The first-order valence-corrected chi connectivity index (χ1v) is 7.06. The Morgan fingerprint density at radius 2 is 2.25 bits per heavy atom. The van der Waals surface area contributed by atoms with Crippen LogP contribution < -0.4 is 5.32 Å². The van der Waals surface area contributed by atoms with Crippen LogP contribution in [-0.4, -0.2) is 11.5 Å². The molecule has 0 aromatic carbocycles. The van der Waals surface area contributed by atoms with Gasteiger partial charge in [0.15, 0.2) is 0 Å². The highest BCUT2D eigenvalue weighted by molar-refractivity contribution is 7.11. The Kier molecular flexibility index (Phi) is 3.65. The van der Waals surface area contributed by atoms with Gasteiger partial charge in [-0.25, -0.2) is 4.98 Å². The molecule has 1 heterocycles. The molecule has 0 radical (unpaired) electrons. The van der Waals surface area contributed by atoms with Gasteiger partial charge in [0.1, 0.15) is 5.01 Å². The smallest absolute Gasteiger partial charge is 0.107 e. The van der Waals surface area contributed by atoms with Crippen molar-refractivity contribution in [3.05, 3.63) is 16.1 Å². The van der Waals surface area contributed by atoms with Crippen LogP contribution in [0.25, 0.3) is 0 Å². The molecule has 1 aromatic rings. The van der Waals surface area contributed by atoms with Gasteiger partial charge in [0.25, 0.3) is 0 Å².